The Bertz CT molecular complexity index is 622. The first kappa shape index (κ1) is 12.0. The highest BCUT2D eigenvalue weighted by Gasteiger charge is 2.08. The summed E-state index contributed by atoms with van der Waals surface area (Å²) in [6, 6.07) is 5.52. The Morgan fingerprint density at radius 1 is 1.33 bits per heavy atom. The van der Waals surface area contributed by atoms with Crippen molar-refractivity contribution in [3.8, 4) is 28.8 Å². The second-order valence-electron chi connectivity index (χ2n) is 3.57. The number of hydrogen-bond donors (Lipinski definition) is 3. The molecule has 0 radical (unpaired) electrons. The van der Waals surface area contributed by atoms with Crippen molar-refractivity contribution < 1.29 is 14.9 Å². The highest BCUT2D eigenvalue weighted by atomic mass is 16.5. The Hall–Kier alpha value is -2.50. The summed E-state index contributed by atoms with van der Waals surface area (Å²) in [6.07, 6.45) is 0. The molecule has 6 nitrogen and oxygen atoms in total. The summed E-state index contributed by atoms with van der Waals surface area (Å²) in [4.78, 5) is 17.5. The summed E-state index contributed by atoms with van der Waals surface area (Å²) in [5, 5.41) is 18.8. The highest BCUT2D eigenvalue weighted by molar-refractivity contribution is 5.60. The number of ether oxygens (including phenoxy) is 1. The molecule has 0 spiro atoms. The number of aromatic hydroxyl groups is 2. The van der Waals surface area contributed by atoms with Crippen LogP contribution in [0.1, 0.15) is 6.92 Å². The van der Waals surface area contributed by atoms with Gasteiger partial charge in [0, 0.05) is 5.56 Å². The first-order chi connectivity index (χ1) is 8.60. The van der Waals surface area contributed by atoms with Gasteiger partial charge in [-0.2, -0.15) is 4.98 Å². The molecule has 0 saturated carbocycles. The van der Waals surface area contributed by atoms with E-state index in [1.807, 2.05) is 0 Å². The molecule has 94 valence electrons. The Labute approximate surface area is 103 Å². The molecule has 1 aromatic carbocycles. The second kappa shape index (κ2) is 4.79. The van der Waals surface area contributed by atoms with Crippen LogP contribution in [0, 0.1) is 0 Å². The van der Waals surface area contributed by atoms with Crippen molar-refractivity contribution in [2.24, 2.45) is 0 Å². The van der Waals surface area contributed by atoms with Crippen LogP contribution in [0.3, 0.4) is 0 Å². The quantitative estimate of drug-likeness (QED) is 0.759. The molecule has 0 aliphatic heterocycles. The van der Waals surface area contributed by atoms with E-state index in [2.05, 4.69) is 9.97 Å². The number of benzene rings is 1. The molecule has 3 N–H and O–H groups in total. The normalized spacial score (nSPS) is 10.3. The minimum Gasteiger partial charge on any atom is -0.504 e. The lowest BCUT2D eigenvalue weighted by molar-refractivity contribution is 0.318. The number of H-pyrrole nitrogens is 1. The lowest BCUT2D eigenvalue weighted by atomic mass is 10.2. The number of phenolic OH excluding ortho intramolecular Hbond substituents is 1. The van der Waals surface area contributed by atoms with Gasteiger partial charge in [-0.3, -0.25) is 4.79 Å². The van der Waals surface area contributed by atoms with Crippen molar-refractivity contribution >= 4 is 0 Å². The predicted molar refractivity (Wildman–Crippen MR) is 64.8 cm³/mol. The van der Waals surface area contributed by atoms with Crippen LogP contribution >= 0.6 is 0 Å². The van der Waals surface area contributed by atoms with Gasteiger partial charge in [0.05, 0.1) is 12.7 Å². The number of aromatic amines is 1. The summed E-state index contributed by atoms with van der Waals surface area (Å²) >= 11 is 0. The fourth-order valence-corrected chi connectivity index (χ4v) is 1.51. The minimum atomic E-state index is -0.455. The van der Waals surface area contributed by atoms with Crippen molar-refractivity contribution in [1.82, 2.24) is 9.97 Å². The third kappa shape index (κ3) is 2.42. The Kier molecular flexibility index (Phi) is 3.18. The average Bonchev–Trinajstić information content (AvgIpc) is 2.31. The van der Waals surface area contributed by atoms with E-state index in [9.17, 15) is 15.0 Å². The number of rotatable bonds is 3. The lowest BCUT2D eigenvalue weighted by Crippen LogP contribution is -2.06. The molecule has 0 atom stereocenters. The van der Waals surface area contributed by atoms with Gasteiger partial charge in [-0.25, -0.2) is 0 Å². The van der Waals surface area contributed by atoms with Crippen LogP contribution in [0.5, 0.6) is 17.4 Å². The Morgan fingerprint density at radius 2 is 2.11 bits per heavy atom. The van der Waals surface area contributed by atoms with Gasteiger partial charge in [-0.15, -0.1) is 0 Å². The summed E-state index contributed by atoms with van der Waals surface area (Å²) < 4.78 is 5.23. The molecule has 0 unspecified atom stereocenters. The van der Waals surface area contributed by atoms with Crippen LogP contribution in [0.15, 0.2) is 29.1 Å². The lowest BCUT2D eigenvalue weighted by Gasteiger charge is -2.07. The standard InChI is InChI=1S/C12H12N2O4/c1-2-18-9-5-7(3-4-8(9)15)12-13-10(16)6-11(17)14-12/h3-6,15H,2H2,1H3,(H2,13,14,16,17). The Balaban J connectivity index is 2.50. The van der Waals surface area contributed by atoms with E-state index in [0.717, 1.165) is 6.07 Å². The van der Waals surface area contributed by atoms with E-state index in [0.29, 0.717) is 17.9 Å². The topological polar surface area (TPSA) is 95.4 Å². The molecule has 0 amide bonds. The molecule has 0 fully saturated rings. The molecule has 2 aromatic rings. The Morgan fingerprint density at radius 3 is 2.78 bits per heavy atom. The zero-order valence-electron chi connectivity index (χ0n) is 9.67. The molecule has 0 bridgehead atoms. The van der Waals surface area contributed by atoms with Crippen LogP contribution in [0.2, 0.25) is 0 Å². The second-order valence-corrected chi connectivity index (χ2v) is 3.57. The van der Waals surface area contributed by atoms with Crippen LogP contribution in [-0.2, 0) is 0 Å². The third-order valence-corrected chi connectivity index (χ3v) is 2.26. The van der Waals surface area contributed by atoms with Gasteiger partial charge in [0.1, 0.15) is 5.82 Å². The summed E-state index contributed by atoms with van der Waals surface area (Å²) in [6.45, 7) is 2.20. The number of aromatic nitrogens is 2. The highest BCUT2D eigenvalue weighted by Crippen LogP contribution is 2.30. The molecule has 0 aliphatic rings. The molecule has 6 heteroatoms. The van der Waals surface area contributed by atoms with Crippen molar-refractivity contribution in [3.63, 3.8) is 0 Å². The van der Waals surface area contributed by atoms with Crippen molar-refractivity contribution in [2.75, 3.05) is 6.61 Å². The van der Waals surface area contributed by atoms with Crippen LogP contribution in [0.25, 0.3) is 11.4 Å². The zero-order chi connectivity index (χ0) is 13.1. The smallest absolute Gasteiger partial charge is 0.254 e. The molecule has 1 heterocycles. The van der Waals surface area contributed by atoms with Crippen molar-refractivity contribution in [3.05, 3.63) is 34.6 Å². The number of hydrogen-bond acceptors (Lipinski definition) is 5. The van der Waals surface area contributed by atoms with E-state index in [4.69, 9.17) is 4.74 Å². The van der Waals surface area contributed by atoms with Gasteiger partial charge in [0.25, 0.3) is 5.56 Å². The summed E-state index contributed by atoms with van der Waals surface area (Å²) in [5.74, 6) is 0.143. The largest absolute Gasteiger partial charge is 0.504 e. The summed E-state index contributed by atoms with van der Waals surface area (Å²) in [7, 11) is 0. The van der Waals surface area contributed by atoms with E-state index < -0.39 is 5.56 Å². The van der Waals surface area contributed by atoms with E-state index in [1.165, 1.54) is 12.1 Å². The molecule has 2 rings (SSSR count). The molecular formula is C12H12N2O4. The van der Waals surface area contributed by atoms with Gasteiger partial charge in [-0.05, 0) is 25.1 Å². The van der Waals surface area contributed by atoms with E-state index in [-0.39, 0.29) is 17.5 Å². The van der Waals surface area contributed by atoms with Crippen LogP contribution in [0.4, 0.5) is 0 Å². The van der Waals surface area contributed by atoms with E-state index in [1.54, 1.807) is 13.0 Å². The van der Waals surface area contributed by atoms with Gasteiger partial charge in [0.2, 0.25) is 5.88 Å². The van der Waals surface area contributed by atoms with Crippen molar-refractivity contribution in [2.45, 2.75) is 6.92 Å². The maximum atomic E-state index is 11.2. The molecule has 0 aliphatic carbocycles. The monoisotopic (exact) mass is 248 g/mol. The van der Waals surface area contributed by atoms with Crippen molar-refractivity contribution in [1.29, 1.82) is 0 Å². The molecule has 1 aromatic heterocycles. The maximum absolute atomic E-state index is 11.2. The fourth-order valence-electron chi connectivity index (χ4n) is 1.51. The SMILES string of the molecule is CCOc1cc(-c2nc(O)cc(=O)[nH]2)ccc1O. The van der Waals surface area contributed by atoms with Gasteiger partial charge >= 0.3 is 0 Å². The summed E-state index contributed by atoms with van der Waals surface area (Å²) in [5.41, 5.74) is 0.0767. The van der Waals surface area contributed by atoms with Gasteiger partial charge < -0.3 is 19.9 Å². The van der Waals surface area contributed by atoms with Gasteiger partial charge in [0.15, 0.2) is 11.5 Å². The van der Waals surface area contributed by atoms with Crippen LogP contribution < -0.4 is 10.3 Å². The first-order valence-corrected chi connectivity index (χ1v) is 5.36. The van der Waals surface area contributed by atoms with E-state index >= 15 is 0 Å². The number of nitrogens with zero attached hydrogens (tertiary/aromatic N) is 1. The third-order valence-electron chi connectivity index (χ3n) is 2.26. The molecule has 18 heavy (non-hydrogen) atoms. The molecule has 0 saturated heterocycles. The zero-order valence-corrected chi connectivity index (χ0v) is 9.67. The van der Waals surface area contributed by atoms with Crippen LogP contribution in [-0.4, -0.2) is 26.8 Å². The first-order valence-electron chi connectivity index (χ1n) is 5.36. The fraction of sp³-hybridized carbons (Fsp3) is 0.167. The number of nitrogens with one attached hydrogen (secondary N) is 1. The number of phenols is 1. The van der Waals surface area contributed by atoms with Gasteiger partial charge in [-0.1, -0.05) is 0 Å². The minimum absolute atomic E-state index is 0.00287. The maximum Gasteiger partial charge on any atom is 0.254 e. The predicted octanol–water partition coefficient (Wildman–Crippen LogP) is 1.25. The average molecular weight is 248 g/mol. The molecular weight excluding hydrogens is 236 g/mol.